The highest BCUT2D eigenvalue weighted by molar-refractivity contribution is 8.18. The number of nitrogens with zero attached hydrogens (tertiary/aromatic N) is 2. The van der Waals surface area contributed by atoms with E-state index in [0.29, 0.717) is 21.5 Å². The maximum Gasteiger partial charge on any atom is 0.266 e. The Bertz CT molecular complexity index is 941. The Morgan fingerprint density at radius 3 is 2.74 bits per heavy atom. The van der Waals surface area contributed by atoms with E-state index < -0.39 is 5.91 Å². The lowest BCUT2D eigenvalue weighted by Gasteiger charge is -2.07. The third kappa shape index (κ3) is 4.73. The predicted octanol–water partition coefficient (Wildman–Crippen LogP) is 2.92. The number of amidine groups is 1. The Labute approximate surface area is 159 Å². The topological polar surface area (TPSA) is 85.0 Å². The third-order valence-electron chi connectivity index (χ3n) is 3.59. The Kier molecular flexibility index (Phi) is 5.56. The summed E-state index contributed by atoms with van der Waals surface area (Å²) >= 11 is 1.22. The summed E-state index contributed by atoms with van der Waals surface area (Å²) in [5, 5.41) is 0.499. The molecule has 8 heteroatoms. The molecule has 1 aliphatic rings. The van der Waals surface area contributed by atoms with Gasteiger partial charge in [-0.15, -0.1) is 0 Å². The van der Waals surface area contributed by atoms with Crippen LogP contribution >= 0.6 is 11.8 Å². The second-order valence-corrected chi connectivity index (χ2v) is 6.68. The summed E-state index contributed by atoms with van der Waals surface area (Å²) in [5.41, 5.74) is 6.36. The number of ether oxygens (including phenoxy) is 1. The fourth-order valence-corrected chi connectivity index (χ4v) is 3.26. The van der Waals surface area contributed by atoms with Gasteiger partial charge in [0.05, 0.1) is 10.6 Å². The van der Waals surface area contributed by atoms with Crippen molar-refractivity contribution in [3.8, 4) is 5.75 Å². The predicted molar refractivity (Wildman–Crippen MR) is 103 cm³/mol. The van der Waals surface area contributed by atoms with Crippen LogP contribution in [-0.4, -0.2) is 35.5 Å². The first-order valence-corrected chi connectivity index (χ1v) is 8.77. The van der Waals surface area contributed by atoms with Gasteiger partial charge in [0.25, 0.3) is 11.8 Å². The van der Waals surface area contributed by atoms with E-state index in [2.05, 4.69) is 4.99 Å². The number of carbonyl (C=O) groups excluding carboxylic acids is 2. The minimum atomic E-state index is -0.566. The van der Waals surface area contributed by atoms with Crippen LogP contribution in [-0.2, 0) is 9.59 Å². The lowest BCUT2D eigenvalue weighted by atomic mass is 10.2. The van der Waals surface area contributed by atoms with Gasteiger partial charge in [-0.3, -0.25) is 14.5 Å². The van der Waals surface area contributed by atoms with Crippen molar-refractivity contribution < 1.29 is 18.7 Å². The van der Waals surface area contributed by atoms with Gasteiger partial charge in [-0.2, -0.15) is 0 Å². The van der Waals surface area contributed by atoms with E-state index in [0.717, 1.165) is 5.56 Å². The van der Waals surface area contributed by atoms with Crippen LogP contribution in [0.3, 0.4) is 0 Å². The van der Waals surface area contributed by atoms with Crippen LogP contribution in [0.4, 0.5) is 10.1 Å². The molecule has 1 heterocycles. The summed E-state index contributed by atoms with van der Waals surface area (Å²) in [7, 11) is 1.63. The molecule has 0 unspecified atom stereocenters. The fourth-order valence-electron chi connectivity index (χ4n) is 2.28. The second-order valence-electron chi connectivity index (χ2n) is 5.67. The zero-order chi connectivity index (χ0) is 19.4. The molecule has 1 saturated heterocycles. The van der Waals surface area contributed by atoms with Gasteiger partial charge in [0, 0.05) is 7.05 Å². The van der Waals surface area contributed by atoms with Gasteiger partial charge in [-0.25, -0.2) is 9.38 Å². The van der Waals surface area contributed by atoms with Crippen LogP contribution in [0.15, 0.2) is 58.4 Å². The number of benzene rings is 2. The molecule has 0 bridgehead atoms. The van der Waals surface area contributed by atoms with E-state index in [1.807, 2.05) is 6.07 Å². The van der Waals surface area contributed by atoms with Gasteiger partial charge in [-0.05, 0) is 59.8 Å². The number of amides is 2. The van der Waals surface area contributed by atoms with Crippen molar-refractivity contribution in [3.05, 3.63) is 64.8 Å². The number of primary amides is 1. The average molecular weight is 385 g/mol. The number of rotatable bonds is 5. The second kappa shape index (κ2) is 8.05. The molecule has 6 nitrogen and oxygen atoms in total. The van der Waals surface area contributed by atoms with Crippen LogP contribution < -0.4 is 10.5 Å². The number of likely N-dealkylation sites (N-methyl/N-ethyl adjacent to an activating group) is 1. The van der Waals surface area contributed by atoms with Gasteiger partial charge in [0.2, 0.25) is 0 Å². The van der Waals surface area contributed by atoms with Gasteiger partial charge in [-0.1, -0.05) is 12.1 Å². The van der Waals surface area contributed by atoms with Crippen molar-refractivity contribution in [3.63, 3.8) is 0 Å². The molecule has 0 aliphatic carbocycles. The van der Waals surface area contributed by atoms with E-state index in [4.69, 9.17) is 10.5 Å². The first kappa shape index (κ1) is 18.7. The molecule has 2 aromatic rings. The molecule has 1 fully saturated rings. The molecular weight excluding hydrogens is 369 g/mol. The molecule has 2 N–H and O–H groups in total. The molecule has 2 amide bonds. The van der Waals surface area contributed by atoms with Crippen LogP contribution in [0.25, 0.3) is 6.08 Å². The highest BCUT2D eigenvalue weighted by Gasteiger charge is 2.30. The van der Waals surface area contributed by atoms with E-state index in [-0.39, 0.29) is 18.3 Å². The summed E-state index contributed by atoms with van der Waals surface area (Å²) in [4.78, 5) is 29.6. The van der Waals surface area contributed by atoms with Crippen molar-refractivity contribution in [2.45, 2.75) is 0 Å². The molecule has 0 atom stereocenters. The number of hydrogen-bond donors (Lipinski definition) is 1. The summed E-state index contributed by atoms with van der Waals surface area (Å²) in [6, 6.07) is 12.7. The van der Waals surface area contributed by atoms with Crippen LogP contribution in [0.5, 0.6) is 5.75 Å². The molecular formula is C19H16FN3O3S. The SMILES string of the molecule is CN1C(=O)/C(=C\c2cccc(OCC(N)=O)c2)SC1=Nc1ccc(F)cc1. The molecule has 0 aromatic heterocycles. The number of carbonyl (C=O) groups is 2. The van der Waals surface area contributed by atoms with Crippen molar-refractivity contribution in [1.82, 2.24) is 4.90 Å². The third-order valence-corrected chi connectivity index (χ3v) is 4.65. The van der Waals surface area contributed by atoms with E-state index in [1.165, 1.54) is 28.8 Å². The van der Waals surface area contributed by atoms with Crippen molar-refractivity contribution in [1.29, 1.82) is 0 Å². The fraction of sp³-hybridized carbons (Fsp3) is 0.105. The van der Waals surface area contributed by atoms with E-state index in [1.54, 1.807) is 43.5 Å². The maximum atomic E-state index is 13.0. The quantitative estimate of drug-likeness (QED) is 0.802. The standard InChI is InChI=1S/C19H16FN3O3S/c1-23-18(25)16(27-19(23)22-14-7-5-13(20)6-8-14)10-12-3-2-4-15(9-12)26-11-17(21)24/h2-10H,11H2,1H3,(H2,21,24)/b16-10+,22-19?. The zero-order valence-corrected chi connectivity index (χ0v) is 15.2. The summed E-state index contributed by atoms with van der Waals surface area (Å²) in [5.74, 6) is -0.624. The number of nitrogens with two attached hydrogens (primary N) is 1. The van der Waals surface area contributed by atoms with Gasteiger partial charge < -0.3 is 10.5 Å². The lowest BCUT2D eigenvalue weighted by molar-refractivity contribution is -0.121. The Hall–Kier alpha value is -3.13. The van der Waals surface area contributed by atoms with Crippen LogP contribution in [0.1, 0.15) is 5.56 Å². The zero-order valence-electron chi connectivity index (χ0n) is 14.4. The summed E-state index contributed by atoms with van der Waals surface area (Å²) in [6.07, 6.45) is 1.72. The minimum absolute atomic E-state index is 0.190. The lowest BCUT2D eigenvalue weighted by Crippen LogP contribution is -2.23. The number of halogens is 1. The first-order valence-electron chi connectivity index (χ1n) is 7.95. The molecule has 27 heavy (non-hydrogen) atoms. The van der Waals surface area contributed by atoms with Crippen LogP contribution in [0.2, 0.25) is 0 Å². The van der Waals surface area contributed by atoms with Gasteiger partial charge in [0.15, 0.2) is 11.8 Å². The monoisotopic (exact) mass is 385 g/mol. The Morgan fingerprint density at radius 1 is 1.30 bits per heavy atom. The summed E-state index contributed by atoms with van der Waals surface area (Å²) < 4.78 is 18.3. The average Bonchev–Trinajstić information content (AvgIpc) is 2.90. The molecule has 1 aliphatic heterocycles. The molecule has 0 saturated carbocycles. The largest absolute Gasteiger partial charge is 0.484 e. The minimum Gasteiger partial charge on any atom is -0.484 e. The Morgan fingerprint density at radius 2 is 2.04 bits per heavy atom. The van der Waals surface area contributed by atoms with E-state index in [9.17, 15) is 14.0 Å². The molecule has 138 valence electrons. The van der Waals surface area contributed by atoms with Crippen LogP contribution in [0, 0.1) is 5.82 Å². The Balaban J connectivity index is 1.81. The molecule has 2 aromatic carbocycles. The summed E-state index contributed by atoms with van der Waals surface area (Å²) in [6.45, 7) is -0.217. The number of hydrogen-bond acceptors (Lipinski definition) is 5. The van der Waals surface area contributed by atoms with Crippen molar-refractivity contribution in [2.24, 2.45) is 10.7 Å². The number of aliphatic imine (C=N–C) groups is 1. The highest BCUT2D eigenvalue weighted by Crippen LogP contribution is 2.33. The number of thioether (sulfide) groups is 1. The van der Waals surface area contributed by atoms with Gasteiger partial charge in [0.1, 0.15) is 11.6 Å². The first-order chi connectivity index (χ1) is 12.9. The molecule has 0 radical (unpaired) electrons. The maximum absolute atomic E-state index is 13.0. The smallest absolute Gasteiger partial charge is 0.266 e. The van der Waals surface area contributed by atoms with Gasteiger partial charge >= 0.3 is 0 Å². The van der Waals surface area contributed by atoms with Crippen molar-refractivity contribution >= 4 is 40.5 Å². The highest BCUT2D eigenvalue weighted by atomic mass is 32.2. The molecule has 3 rings (SSSR count). The molecule has 0 spiro atoms. The van der Waals surface area contributed by atoms with Crippen molar-refractivity contribution in [2.75, 3.05) is 13.7 Å². The van der Waals surface area contributed by atoms with E-state index >= 15 is 0 Å². The normalized spacial score (nSPS) is 17.0.